The highest BCUT2D eigenvalue weighted by atomic mass is 32.2. The summed E-state index contributed by atoms with van der Waals surface area (Å²) in [7, 11) is 3.42. The van der Waals surface area contributed by atoms with Crippen molar-refractivity contribution in [3.05, 3.63) is 16.0 Å². The van der Waals surface area contributed by atoms with Crippen molar-refractivity contribution in [2.75, 3.05) is 25.3 Å². The lowest BCUT2D eigenvalue weighted by atomic mass is 10.4. The third-order valence-corrected chi connectivity index (χ3v) is 2.17. The number of hydrogen-bond donors (Lipinski definition) is 0. The average Bonchev–Trinajstić information content (AvgIpc) is 2.16. The molecule has 0 bridgehead atoms. The van der Waals surface area contributed by atoms with Crippen LogP contribution in [0.2, 0.25) is 0 Å². The molecule has 1 rings (SSSR count). The molecule has 0 saturated heterocycles. The van der Waals surface area contributed by atoms with E-state index in [2.05, 4.69) is 4.98 Å². The lowest BCUT2D eigenvalue weighted by molar-refractivity contribution is 0.480. The number of aromatic nitrogens is 1. The molecule has 74 valence electrons. The predicted octanol–water partition coefficient (Wildman–Crippen LogP) is 0.694. The minimum atomic E-state index is -0.643. The van der Waals surface area contributed by atoms with Crippen LogP contribution in [-0.4, -0.2) is 25.3 Å². The zero-order chi connectivity index (χ0) is 10.7. The van der Waals surface area contributed by atoms with Gasteiger partial charge in [0.1, 0.15) is 11.1 Å². The fraction of sp³-hybridized carbons (Fsp3) is 0.375. The molecule has 5 nitrogen and oxygen atoms in total. The second kappa shape index (κ2) is 4.15. The molecule has 0 N–H and O–H groups in total. The van der Waals surface area contributed by atoms with Crippen LogP contribution in [-0.2, 0) is 0 Å². The van der Waals surface area contributed by atoms with Crippen LogP contribution in [0.5, 0.6) is 0 Å². The van der Waals surface area contributed by atoms with Gasteiger partial charge in [0, 0.05) is 14.1 Å². The van der Waals surface area contributed by atoms with Gasteiger partial charge in [-0.25, -0.2) is 4.79 Å². The summed E-state index contributed by atoms with van der Waals surface area (Å²) in [6.45, 7) is 0. The number of rotatable bonds is 2. The molecule has 1 aromatic heterocycles. The van der Waals surface area contributed by atoms with E-state index in [0.29, 0.717) is 5.03 Å². The smallest absolute Gasteiger partial charge is 0.359 e. The van der Waals surface area contributed by atoms with Gasteiger partial charge < -0.3 is 9.32 Å². The van der Waals surface area contributed by atoms with Gasteiger partial charge in [0.25, 0.3) is 0 Å². The van der Waals surface area contributed by atoms with Crippen LogP contribution >= 0.6 is 11.8 Å². The topological polar surface area (TPSA) is 70.1 Å². The molecule has 0 aliphatic carbocycles. The van der Waals surface area contributed by atoms with Crippen molar-refractivity contribution in [3.8, 4) is 6.07 Å². The number of thioether (sulfide) groups is 1. The molecule has 1 aromatic rings. The molecule has 0 radical (unpaired) electrons. The number of nitriles is 1. The van der Waals surface area contributed by atoms with Gasteiger partial charge in [0.2, 0.25) is 0 Å². The Morgan fingerprint density at radius 2 is 2.21 bits per heavy atom. The molecule has 1 heterocycles. The van der Waals surface area contributed by atoms with Gasteiger partial charge in [-0.3, -0.25) is 0 Å². The fourth-order valence-corrected chi connectivity index (χ4v) is 1.32. The Balaban J connectivity index is 3.41. The highest BCUT2D eigenvalue weighted by molar-refractivity contribution is 7.98. The molecular formula is C8H9N3O2S. The van der Waals surface area contributed by atoms with Crippen molar-refractivity contribution in [1.82, 2.24) is 4.98 Å². The van der Waals surface area contributed by atoms with E-state index >= 15 is 0 Å². The average molecular weight is 211 g/mol. The van der Waals surface area contributed by atoms with Crippen molar-refractivity contribution < 1.29 is 4.42 Å². The molecule has 0 atom stereocenters. The van der Waals surface area contributed by atoms with Crippen molar-refractivity contribution in [1.29, 1.82) is 5.26 Å². The van der Waals surface area contributed by atoms with Gasteiger partial charge in [-0.15, -0.1) is 11.8 Å². The highest BCUT2D eigenvalue weighted by Gasteiger charge is 2.13. The maximum absolute atomic E-state index is 11.3. The minimum absolute atomic E-state index is 0.0388. The predicted molar refractivity (Wildman–Crippen MR) is 53.6 cm³/mol. The van der Waals surface area contributed by atoms with Crippen LogP contribution in [0.15, 0.2) is 14.2 Å². The quantitative estimate of drug-likeness (QED) is 0.670. The first-order valence-corrected chi connectivity index (χ1v) is 4.99. The van der Waals surface area contributed by atoms with E-state index in [1.807, 2.05) is 0 Å². The summed E-state index contributed by atoms with van der Waals surface area (Å²) in [6, 6.07) is 1.98. The number of nitrogens with zero attached hydrogens (tertiary/aromatic N) is 3. The third kappa shape index (κ3) is 1.88. The summed E-state index contributed by atoms with van der Waals surface area (Å²) in [6.07, 6.45) is 1.75. The minimum Gasteiger partial charge on any atom is -0.388 e. The molecule has 6 heteroatoms. The SMILES string of the molecule is CSc1nc(N(C)C)oc(=O)c1C#N. The summed E-state index contributed by atoms with van der Waals surface area (Å²) in [5.74, 6) is 0. The van der Waals surface area contributed by atoms with E-state index in [4.69, 9.17) is 9.68 Å². The van der Waals surface area contributed by atoms with E-state index in [9.17, 15) is 4.79 Å². The Bertz CT molecular complexity index is 433. The van der Waals surface area contributed by atoms with Gasteiger partial charge in [-0.1, -0.05) is 0 Å². The Labute approximate surface area is 85.4 Å². The molecule has 0 aromatic carbocycles. The lowest BCUT2D eigenvalue weighted by Crippen LogP contribution is -2.16. The van der Waals surface area contributed by atoms with Crippen molar-refractivity contribution in [2.45, 2.75) is 5.03 Å². The second-order valence-corrected chi connectivity index (χ2v) is 3.47. The molecule has 0 aliphatic rings. The molecule has 0 saturated carbocycles. The first kappa shape index (κ1) is 10.6. The normalized spacial score (nSPS) is 9.57. The summed E-state index contributed by atoms with van der Waals surface area (Å²) in [5.41, 5.74) is -0.682. The monoisotopic (exact) mass is 211 g/mol. The molecule has 0 aliphatic heterocycles. The zero-order valence-corrected chi connectivity index (χ0v) is 8.88. The van der Waals surface area contributed by atoms with Crippen molar-refractivity contribution in [2.24, 2.45) is 0 Å². The Morgan fingerprint density at radius 1 is 1.57 bits per heavy atom. The van der Waals surface area contributed by atoms with Gasteiger partial charge >= 0.3 is 11.6 Å². The molecule has 0 spiro atoms. The van der Waals surface area contributed by atoms with Gasteiger partial charge in [0.15, 0.2) is 5.56 Å². The Morgan fingerprint density at radius 3 is 2.64 bits per heavy atom. The van der Waals surface area contributed by atoms with E-state index in [1.165, 1.54) is 11.8 Å². The van der Waals surface area contributed by atoms with Crippen LogP contribution in [0.1, 0.15) is 5.56 Å². The second-order valence-electron chi connectivity index (χ2n) is 2.67. The zero-order valence-electron chi connectivity index (χ0n) is 8.07. The Kier molecular flexibility index (Phi) is 3.14. The Hall–Kier alpha value is -1.48. The molecule has 0 unspecified atom stereocenters. The summed E-state index contributed by atoms with van der Waals surface area (Å²) < 4.78 is 4.83. The van der Waals surface area contributed by atoms with Crippen molar-refractivity contribution >= 4 is 17.8 Å². The van der Waals surface area contributed by atoms with Crippen molar-refractivity contribution in [3.63, 3.8) is 0 Å². The first-order valence-electron chi connectivity index (χ1n) is 3.76. The maximum Gasteiger partial charge on any atom is 0.359 e. The van der Waals surface area contributed by atoms with E-state index in [0.717, 1.165) is 0 Å². The van der Waals surface area contributed by atoms with Crippen LogP contribution in [0.4, 0.5) is 6.01 Å². The lowest BCUT2D eigenvalue weighted by Gasteiger charge is -2.09. The highest BCUT2D eigenvalue weighted by Crippen LogP contribution is 2.17. The molecule has 0 fully saturated rings. The molecule has 0 amide bonds. The molecular weight excluding hydrogens is 202 g/mol. The van der Waals surface area contributed by atoms with E-state index in [1.54, 1.807) is 31.3 Å². The largest absolute Gasteiger partial charge is 0.388 e. The van der Waals surface area contributed by atoms with Crippen LogP contribution in [0.25, 0.3) is 0 Å². The first-order chi connectivity index (χ1) is 6.60. The van der Waals surface area contributed by atoms with Crippen LogP contribution < -0.4 is 10.5 Å². The third-order valence-electron chi connectivity index (χ3n) is 1.49. The van der Waals surface area contributed by atoms with E-state index < -0.39 is 5.63 Å². The van der Waals surface area contributed by atoms with Gasteiger partial charge in [0.05, 0.1) is 0 Å². The molecule has 14 heavy (non-hydrogen) atoms. The summed E-state index contributed by atoms with van der Waals surface area (Å²) >= 11 is 1.25. The summed E-state index contributed by atoms with van der Waals surface area (Å²) in [5, 5.41) is 9.08. The fourth-order valence-electron chi connectivity index (χ4n) is 0.819. The number of anilines is 1. The van der Waals surface area contributed by atoms with Gasteiger partial charge in [-0.2, -0.15) is 10.2 Å². The number of hydrogen-bond acceptors (Lipinski definition) is 6. The standard InChI is InChI=1S/C8H9N3O2S/c1-11(2)8-10-6(14-3)5(4-9)7(12)13-8/h1-3H3. The van der Waals surface area contributed by atoms with E-state index in [-0.39, 0.29) is 11.6 Å². The van der Waals surface area contributed by atoms with Crippen LogP contribution in [0, 0.1) is 11.3 Å². The van der Waals surface area contributed by atoms with Gasteiger partial charge in [-0.05, 0) is 6.26 Å². The van der Waals surface area contributed by atoms with Crippen LogP contribution in [0.3, 0.4) is 0 Å². The summed E-state index contributed by atoms with van der Waals surface area (Å²) in [4.78, 5) is 16.9. The maximum atomic E-state index is 11.3.